The number of carbonyl (C=O) groups is 2. The maximum atomic E-state index is 12.4. The summed E-state index contributed by atoms with van der Waals surface area (Å²) < 4.78 is 0. The first-order valence-corrected chi connectivity index (χ1v) is 9.58. The number of carbonyl (C=O) groups excluding carboxylic acids is 2. The molecule has 0 bridgehead atoms. The molecule has 0 aromatic heterocycles. The van der Waals surface area contributed by atoms with Crippen molar-refractivity contribution in [3.8, 4) is 0 Å². The van der Waals surface area contributed by atoms with Gasteiger partial charge in [0.1, 0.15) is 0 Å². The lowest BCUT2D eigenvalue weighted by molar-refractivity contribution is 0.0953. The highest BCUT2D eigenvalue weighted by atomic mass is 35.5. The van der Waals surface area contributed by atoms with E-state index in [0.717, 1.165) is 11.3 Å². The lowest BCUT2D eigenvalue weighted by atomic mass is 10.1. The van der Waals surface area contributed by atoms with E-state index in [1.165, 1.54) is 0 Å². The normalized spacial score (nSPS) is 10.6. The van der Waals surface area contributed by atoms with Crippen molar-refractivity contribution in [1.82, 2.24) is 5.43 Å². The number of hydrogen-bond acceptors (Lipinski definition) is 4. The third kappa shape index (κ3) is 5.46. The average Bonchev–Trinajstić information content (AvgIpc) is 2.74. The Morgan fingerprint density at radius 3 is 2.37 bits per heavy atom. The van der Waals surface area contributed by atoms with Gasteiger partial charge >= 0.3 is 0 Å². The fraction of sp³-hybridized carbons (Fsp3) is 0.0870. The van der Waals surface area contributed by atoms with Crippen LogP contribution >= 0.6 is 11.6 Å². The minimum Gasteiger partial charge on any atom is -0.378 e. The van der Waals surface area contributed by atoms with Gasteiger partial charge in [0.05, 0.1) is 16.8 Å². The van der Waals surface area contributed by atoms with Crippen molar-refractivity contribution in [1.29, 1.82) is 0 Å². The van der Waals surface area contributed by atoms with Crippen LogP contribution < -0.4 is 15.6 Å². The minimum absolute atomic E-state index is 0.350. The van der Waals surface area contributed by atoms with Crippen LogP contribution in [-0.4, -0.2) is 32.1 Å². The van der Waals surface area contributed by atoms with Crippen molar-refractivity contribution >= 4 is 41.0 Å². The van der Waals surface area contributed by atoms with Crippen LogP contribution in [0, 0.1) is 0 Å². The molecule has 0 unspecified atom stereocenters. The van der Waals surface area contributed by atoms with Gasteiger partial charge in [-0.2, -0.15) is 5.10 Å². The van der Waals surface area contributed by atoms with Crippen molar-refractivity contribution < 1.29 is 9.59 Å². The molecule has 2 amide bonds. The molecule has 0 heterocycles. The smallest absolute Gasteiger partial charge is 0.271 e. The van der Waals surface area contributed by atoms with Crippen molar-refractivity contribution in [2.45, 2.75) is 0 Å². The zero-order chi connectivity index (χ0) is 21.5. The summed E-state index contributed by atoms with van der Waals surface area (Å²) in [6.45, 7) is 0. The van der Waals surface area contributed by atoms with Crippen LogP contribution in [-0.2, 0) is 0 Å². The van der Waals surface area contributed by atoms with Crippen molar-refractivity contribution in [3.05, 3.63) is 94.5 Å². The number of amides is 2. The summed E-state index contributed by atoms with van der Waals surface area (Å²) in [6.07, 6.45) is 1.57. The monoisotopic (exact) mass is 420 g/mol. The van der Waals surface area contributed by atoms with E-state index in [0.29, 0.717) is 21.8 Å². The highest BCUT2D eigenvalue weighted by molar-refractivity contribution is 6.34. The molecule has 0 saturated carbocycles. The van der Waals surface area contributed by atoms with E-state index in [1.54, 1.807) is 54.7 Å². The molecule has 7 heteroatoms. The zero-order valence-corrected chi connectivity index (χ0v) is 17.4. The molecule has 0 saturated heterocycles. The van der Waals surface area contributed by atoms with Crippen LogP contribution in [0.1, 0.15) is 26.3 Å². The van der Waals surface area contributed by atoms with Gasteiger partial charge in [-0.25, -0.2) is 5.43 Å². The molecule has 3 aromatic rings. The van der Waals surface area contributed by atoms with Gasteiger partial charge in [-0.15, -0.1) is 0 Å². The Hall–Kier alpha value is -3.64. The molecule has 0 spiro atoms. The lowest BCUT2D eigenvalue weighted by Crippen LogP contribution is -2.18. The Balaban J connectivity index is 1.63. The molecule has 0 aliphatic carbocycles. The fourth-order valence-electron chi connectivity index (χ4n) is 2.67. The van der Waals surface area contributed by atoms with Crippen LogP contribution in [0.3, 0.4) is 0 Å². The van der Waals surface area contributed by atoms with Crippen LogP contribution in [0.5, 0.6) is 0 Å². The number of hydrogen-bond donors (Lipinski definition) is 2. The van der Waals surface area contributed by atoms with E-state index in [4.69, 9.17) is 11.6 Å². The largest absolute Gasteiger partial charge is 0.378 e. The topological polar surface area (TPSA) is 73.8 Å². The highest BCUT2D eigenvalue weighted by Gasteiger charge is 2.11. The van der Waals surface area contributed by atoms with E-state index in [-0.39, 0.29) is 11.8 Å². The van der Waals surface area contributed by atoms with Gasteiger partial charge in [-0.3, -0.25) is 9.59 Å². The van der Waals surface area contributed by atoms with Gasteiger partial charge in [-0.05, 0) is 48.0 Å². The lowest BCUT2D eigenvalue weighted by Gasteiger charge is -2.11. The summed E-state index contributed by atoms with van der Waals surface area (Å²) in [5.41, 5.74) is 5.64. The molecule has 6 nitrogen and oxygen atoms in total. The first-order valence-electron chi connectivity index (χ1n) is 9.21. The molecule has 0 aliphatic rings. The molecule has 30 heavy (non-hydrogen) atoms. The van der Waals surface area contributed by atoms with Crippen LogP contribution in [0.15, 0.2) is 77.9 Å². The number of rotatable bonds is 6. The Bertz CT molecular complexity index is 1080. The molecular weight excluding hydrogens is 400 g/mol. The molecule has 0 atom stereocenters. The molecule has 0 radical (unpaired) electrons. The van der Waals surface area contributed by atoms with Crippen LogP contribution in [0.2, 0.25) is 5.02 Å². The molecule has 152 valence electrons. The number of hydrazone groups is 1. The number of nitrogens with one attached hydrogen (secondary N) is 2. The fourth-order valence-corrected chi connectivity index (χ4v) is 2.89. The van der Waals surface area contributed by atoms with E-state index in [9.17, 15) is 9.59 Å². The average molecular weight is 421 g/mol. The van der Waals surface area contributed by atoms with Gasteiger partial charge in [0, 0.05) is 31.0 Å². The number of nitrogens with zero attached hydrogens (tertiary/aromatic N) is 2. The van der Waals surface area contributed by atoms with E-state index in [1.807, 2.05) is 43.3 Å². The summed E-state index contributed by atoms with van der Waals surface area (Å²) >= 11 is 6.06. The van der Waals surface area contributed by atoms with E-state index >= 15 is 0 Å². The van der Waals surface area contributed by atoms with Gasteiger partial charge in [0.15, 0.2) is 0 Å². The number of benzene rings is 3. The van der Waals surface area contributed by atoms with E-state index in [2.05, 4.69) is 15.8 Å². The summed E-state index contributed by atoms with van der Waals surface area (Å²) in [6, 6.07) is 21.1. The second kappa shape index (κ2) is 9.71. The van der Waals surface area contributed by atoms with Crippen LogP contribution in [0.4, 0.5) is 11.4 Å². The molecule has 0 aliphatic heterocycles. The summed E-state index contributed by atoms with van der Waals surface area (Å²) in [5.74, 6) is -0.734. The second-order valence-corrected chi connectivity index (χ2v) is 7.11. The molecule has 3 aromatic carbocycles. The zero-order valence-electron chi connectivity index (χ0n) is 16.6. The van der Waals surface area contributed by atoms with E-state index < -0.39 is 0 Å². The minimum atomic E-state index is -0.384. The second-order valence-electron chi connectivity index (χ2n) is 6.70. The quantitative estimate of drug-likeness (QED) is 0.458. The maximum absolute atomic E-state index is 12.4. The Morgan fingerprint density at radius 1 is 0.933 bits per heavy atom. The Labute approximate surface area is 180 Å². The first kappa shape index (κ1) is 21.1. The third-order valence-corrected chi connectivity index (χ3v) is 4.62. The summed E-state index contributed by atoms with van der Waals surface area (Å²) in [7, 11) is 3.93. The van der Waals surface area contributed by atoms with Gasteiger partial charge in [-0.1, -0.05) is 41.9 Å². The SMILES string of the molecule is CN(C)c1ccc(/C=N\NC(=O)c2cccc(NC(=O)c3ccccc3Cl)c2)cc1. The maximum Gasteiger partial charge on any atom is 0.271 e. The Morgan fingerprint density at radius 2 is 1.67 bits per heavy atom. The number of anilines is 2. The summed E-state index contributed by atoms with van der Waals surface area (Å²) in [4.78, 5) is 26.8. The van der Waals surface area contributed by atoms with Crippen molar-refractivity contribution in [2.24, 2.45) is 5.10 Å². The van der Waals surface area contributed by atoms with Gasteiger partial charge in [0.2, 0.25) is 0 Å². The van der Waals surface area contributed by atoms with Crippen molar-refractivity contribution in [3.63, 3.8) is 0 Å². The molecule has 3 rings (SSSR count). The first-order chi connectivity index (χ1) is 14.4. The standard InChI is InChI=1S/C23H21ClN4O2/c1-28(2)19-12-10-16(11-13-19)15-25-27-22(29)17-6-5-7-18(14-17)26-23(30)20-8-3-4-9-21(20)24/h3-15H,1-2H3,(H,26,30)(H,27,29)/b25-15-. The number of halogens is 1. The van der Waals surface area contributed by atoms with Gasteiger partial charge in [0.25, 0.3) is 11.8 Å². The van der Waals surface area contributed by atoms with Crippen LogP contribution in [0.25, 0.3) is 0 Å². The highest BCUT2D eigenvalue weighted by Crippen LogP contribution is 2.18. The van der Waals surface area contributed by atoms with Gasteiger partial charge < -0.3 is 10.2 Å². The third-order valence-electron chi connectivity index (χ3n) is 4.29. The summed E-state index contributed by atoms with van der Waals surface area (Å²) in [5, 5.41) is 7.10. The predicted octanol–water partition coefficient (Wildman–Crippen LogP) is 4.42. The van der Waals surface area contributed by atoms with Crippen molar-refractivity contribution in [2.75, 3.05) is 24.3 Å². The Kier molecular flexibility index (Phi) is 6.83. The predicted molar refractivity (Wildman–Crippen MR) is 122 cm³/mol. The molecular formula is C23H21ClN4O2. The molecule has 0 fully saturated rings. The molecule has 2 N–H and O–H groups in total.